The second kappa shape index (κ2) is 5.28. The van der Waals surface area contributed by atoms with Crippen LogP contribution in [0.25, 0.3) is 0 Å². The topological polar surface area (TPSA) is 35.5 Å². The molecule has 0 amide bonds. The zero-order chi connectivity index (χ0) is 10.7. The van der Waals surface area contributed by atoms with Crippen molar-refractivity contribution in [3.05, 3.63) is 0 Å². The van der Waals surface area contributed by atoms with Crippen molar-refractivity contribution >= 4 is 0 Å². The Labute approximate surface area is 92.8 Å². The SMILES string of the molecule is CC1CC(NCCO)CN(CC2CC2)C1. The molecule has 0 aromatic heterocycles. The van der Waals surface area contributed by atoms with Crippen LogP contribution in [0.3, 0.4) is 0 Å². The van der Waals surface area contributed by atoms with Crippen molar-refractivity contribution in [1.29, 1.82) is 0 Å². The number of aliphatic hydroxyl groups is 1. The molecule has 0 spiro atoms. The number of piperidine rings is 1. The highest BCUT2D eigenvalue weighted by Crippen LogP contribution is 2.31. The first-order valence-electron chi connectivity index (χ1n) is 6.34. The van der Waals surface area contributed by atoms with E-state index < -0.39 is 0 Å². The van der Waals surface area contributed by atoms with E-state index in [4.69, 9.17) is 5.11 Å². The first kappa shape index (κ1) is 11.4. The van der Waals surface area contributed by atoms with Gasteiger partial charge < -0.3 is 15.3 Å². The Kier molecular flexibility index (Phi) is 4.00. The Morgan fingerprint density at radius 2 is 2.13 bits per heavy atom. The van der Waals surface area contributed by atoms with Gasteiger partial charge in [0.25, 0.3) is 0 Å². The summed E-state index contributed by atoms with van der Waals surface area (Å²) < 4.78 is 0. The maximum absolute atomic E-state index is 8.81. The van der Waals surface area contributed by atoms with Gasteiger partial charge in [-0.15, -0.1) is 0 Å². The largest absolute Gasteiger partial charge is 0.395 e. The fourth-order valence-corrected chi connectivity index (χ4v) is 2.69. The van der Waals surface area contributed by atoms with E-state index >= 15 is 0 Å². The summed E-state index contributed by atoms with van der Waals surface area (Å²) in [6.07, 6.45) is 4.15. The maximum Gasteiger partial charge on any atom is 0.0556 e. The van der Waals surface area contributed by atoms with Gasteiger partial charge in [0.15, 0.2) is 0 Å². The van der Waals surface area contributed by atoms with Gasteiger partial charge in [-0.2, -0.15) is 0 Å². The summed E-state index contributed by atoms with van der Waals surface area (Å²) in [4.78, 5) is 2.61. The Bertz CT molecular complexity index is 192. The van der Waals surface area contributed by atoms with E-state index in [1.807, 2.05) is 0 Å². The number of rotatable bonds is 5. The van der Waals surface area contributed by atoms with Gasteiger partial charge in [-0.1, -0.05) is 6.92 Å². The highest BCUT2D eigenvalue weighted by Gasteiger charge is 2.29. The van der Waals surface area contributed by atoms with Crippen molar-refractivity contribution in [3.63, 3.8) is 0 Å². The summed E-state index contributed by atoms with van der Waals surface area (Å²) in [5.41, 5.74) is 0. The smallest absolute Gasteiger partial charge is 0.0556 e. The molecule has 1 heterocycles. The van der Waals surface area contributed by atoms with Gasteiger partial charge in [-0.05, 0) is 31.1 Å². The van der Waals surface area contributed by atoms with Crippen molar-refractivity contribution in [2.45, 2.75) is 32.2 Å². The molecule has 0 bridgehead atoms. The zero-order valence-electron chi connectivity index (χ0n) is 9.78. The number of nitrogens with one attached hydrogen (secondary N) is 1. The van der Waals surface area contributed by atoms with Gasteiger partial charge in [-0.3, -0.25) is 0 Å². The molecule has 2 rings (SSSR count). The van der Waals surface area contributed by atoms with E-state index in [1.165, 1.54) is 38.9 Å². The average Bonchev–Trinajstić information content (AvgIpc) is 2.98. The van der Waals surface area contributed by atoms with Crippen LogP contribution in [0.1, 0.15) is 26.2 Å². The van der Waals surface area contributed by atoms with Gasteiger partial charge in [0.05, 0.1) is 6.61 Å². The molecular formula is C12H24N2O. The Hall–Kier alpha value is -0.120. The first-order chi connectivity index (χ1) is 7.28. The molecule has 2 atom stereocenters. The van der Waals surface area contributed by atoms with Gasteiger partial charge in [0.1, 0.15) is 0 Å². The van der Waals surface area contributed by atoms with Gasteiger partial charge in [-0.25, -0.2) is 0 Å². The minimum Gasteiger partial charge on any atom is -0.395 e. The van der Waals surface area contributed by atoms with Crippen LogP contribution < -0.4 is 5.32 Å². The van der Waals surface area contributed by atoms with Crippen molar-refractivity contribution in [2.24, 2.45) is 11.8 Å². The molecule has 2 unspecified atom stereocenters. The van der Waals surface area contributed by atoms with E-state index in [-0.39, 0.29) is 6.61 Å². The lowest BCUT2D eigenvalue weighted by Gasteiger charge is -2.37. The molecule has 1 aliphatic carbocycles. The van der Waals surface area contributed by atoms with Crippen LogP contribution in [0.4, 0.5) is 0 Å². The fraction of sp³-hybridized carbons (Fsp3) is 1.00. The molecule has 2 fully saturated rings. The summed E-state index contributed by atoms with van der Waals surface area (Å²) in [6.45, 7) is 7.10. The van der Waals surface area contributed by atoms with Crippen LogP contribution in [0.5, 0.6) is 0 Å². The van der Waals surface area contributed by atoms with Gasteiger partial charge in [0.2, 0.25) is 0 Å². The van der Waals surface area contributed by atoms with E-state index in [9.17, 15) is 0 Å². The predicted molar refractivity (Wildman–Crippen MR) is 61.8 cm³/mol. The molecule has 0 aromatic carbocycles. The third-order valence-corrected chi connectivity index (χ3v) is 3.49. The molecule has 3 heteroatoms. The van der Waals surface area contributed by atoms with Gasteiger partial charge in [0, 0.05) is 32.2 Å². The van der Waals surface area contributed by atoms with Crippen molar-refractivity contribution in [3.8, 4) is 0 Å². The first-order valence-corrected chi connectivity index (χ1v) is 6.34. The summed E-state index contributed by atoms with van der Waals surface area (Å²) in [5, 5.41) is 12.2. The van der Waals surface area contributed by atoms with Crippen LogP contribution in [-0.2, 0) is 0 Å². The van der Waals surface area contributed by atoms with E-state index in [1.54, 1.807) is 0 Å². The second-order valence-electron chi connectivity index (χ2n) is 5.38. The summed E-state index contributed by atoms with van der Waals surface area (Å²) in [6, 6.07) is 0.597. The van der Waals surface area contributed by atoms with Crippen LogP contribution in [0, 0.1) is 11.8 Å². The highest BCUT2D eigenvalue weighted by molar-refractivity contribution is 4.85. The van der Waals surface area contributed by atoms with Crippen molar-refractivity contribution in [2.75, 3.05) is 32.8 Å². The number of hydrogen-bond acceptors (Lipinski definition) is 3. The molecule has 3 nitrogen and oxygen atoms in total. The quantitative estimate of drug-likeness (QED) is 0.704. The molecule has 1 saturated heterocycles. The molecule has 0 aromatic rings. The molecule has 1 saturated carbocycles. The zero-order valence-corrected chi connectivity index (χ0v) is 9.78. The molecule has 88 valence electrons. The summed E-state index contributed by atoms with van der Waals surface area (Å²) in [5.74, 6) is 1.79. The van der Waals surface area contributed by atoms with Crippen LogP contribution >= 0.6 is 0 Å². The minimum atomic E-state index is 0.257. The molecule has 15 heavy (non-hydrogen) atoms. The van der Waals surface area contributed by atoms with Crippen LogP contribution in [-0.4, -0.2) is 48.8 Å². The lowest BCUT2D eigenvalue weighted by Crippen LogP contribution is -2.49. The van der Waals surface area contributed by atoms with Crippen molar-refractivity contribution in [1.82, 2.24) is 10.2 Å². The Balaban J connectivity index is 1.74. The Morgan fingerprint density at radius 3 is 2.80 bits per heavy atom. The lowest BCUT2D eigenvalue weighted by atomic mass is 9.95. The van der Waals surface area contributed by atoms with E-state index in [0.717, 1.165) is 18.4 Å². The third-order valence-electron chi connectivity index (χ3n) is 3.49. The Morgan fingerprint density at radius 1 is 1.33 bits per heavy atom. The normalized spacial score (nSPS) is 33.2. The minimum absolute atomic E-state index is 0.257. The second-order valence-corrected chi connectivity index (χ2v) is 5.38. The molecular weight excluding hydrogens is 188 g/mol. The molecule has 1 aliphatic heterocycles. The van der Waals surface area contributed by atoms with Crippen molar-refractivity contribution < 1.29 is 5.11 Å². The third kappa shape index (κ3) is 3.74. The highest BCUT2D eigenvalue weighted by atomic mass is 16.3. The standard InChI is InChI=1S/C12H24N2O/c1-10-6-12(13-4-5-15)9-14(7-10)8-11-2-3-11/h10-13,15H,2-9H2,1H3. The summed E-state index contributed by atoms with van der Waals surface area (Å²) >= 11 is 0. The number of hydrogen-bond donors (Lipinski definition) is 2. The number of likely N-dealkylation sites (tertiary alicyclic amines) is 1. The fourth-order valence-electron chi connectivity index (χ4n) is 2.69. The van der Waals surface area contributed by atoms with Crippen LogP contribution in [0.2, 0.25) is 0 Å². The van der Waals surface area contributed by atoms with Gasteiger partial charge >= 0.3 is 0 Å². The predicted octanol–water partition coefficient (Wildman–Crippen LogP) is 0.689. The lowest BCUT2D eigenvalue weighted by molar-refractivity contribution is 0.140. The molecule has 2 N–H and O–H groups in total. The number of nitrogens with zero attached hydrogens (tertiary/aromatic N) is 1. The summed E-state index contributed by atoms with van der Waals surface area (Å²) in [7, 11) is 0. The van der Waals surface area contributed by atoms with E-state index in [0.29, 0.717) is 6.04 Å². The molecule has 2 aliphatic rings. The molecule has 0 radical (unpaired) electrons. The average molecular weight is 212 g/mol. The maximum atomic E-state index is 8.81. The monoisotopic (exact) mass is 212 g/mol. The van der Waals surface area contributed by atoms with E-state index in [2.05, 4.69) is 17.1 Å². The number of aliphatic hydroxyl groups excluding tert-OH is 1. The van der Waals surface area contributed by atoms with Crippen LogP contribution in [0.15, 0.2) is 0 Å².